The van der Waals surface area contributed by atoms with Crippen molar-refractivity contribution in [3.63, 3.8) is 0 Å². The maximum Gasteiger partial charge on any atom is 0.223 e. The van der Waals surface area contributed by atoms with E-state index in [4.69, 9.17) is 9.97 Å². The third kappa shape index (κ3) is 9.62. The number of nitrogens with one attached hydrogen (secondary N) is 3. The molecule has 13 nitrogen and oxygen atoms in total. The molecule has 0 unspecified atom stereocenters. The van der Waals surface area contributed by atoms with Crippen molar-refractivity contribution >= 4 is 67.2 Å². The highest BCUT2D eigenvalue weighted by Gasteiger charge is 2.26. The Kier molecular flexibility index (Phi) is 15.6. The third-order valence-electron chi connectivity index (χ3n) is 13.0. The Bertz CT molecular complexity index is 2440. The Balaban J connectivity index is 1.70. The molecule has 0 atom stereocenters. The summed E-state index contributed by atoms with van der Waals surface area (Å²) in [6.07, 6.45) is 4.44. The minimum Gasteiger partial charge on any atom is -0.395 e. The monoisotopic (exact) mass is 862 g/mol. The van der Waals surface area contributed by atoms with Crippen molar-refractivity contribution in [1.29, 1.82) is 0 Å². The summed E-state index contributed by atoms with van der Waals surface area (Å²) in [6.45, 7) is 17.0. The van der Waals surface area contributed by atoms with Gasteiger partial charge in [0.1, 0.15) is 0 Å². The first kappa shape index (κ1) is 47.1. The van der Waals surface area contributed by atoms with Gasteiger partial charge in [0.25, 0.3) is 0 Å². The summed E-state index contributed by atoms with van der Waals surface area (Å²) < 4.78 is 0. The highest BCUT2D eigenvalue weighted by Crippen LogP contribution is 2.40. The van der Waals surface area contributed by atoms with Gasteiger partial charge in [-0.25, -0.2) is 9.97 Å². The zero-order chi connectivity index (χ0) is 45.5. The molecular formula is C50H67N7O6. The maximum absolute atomic E-state index is 13.5. The Labute approximate surface area is 370 Å². The van der Waals surface area contributed by atoms with Gasteiger partial charge in [0.2, 0.25) is 11.8 Å². The molecule has 6 heterocycles. The van der Waals surface area contributed by atoms with Crippen LogP contribution in [0.3, 0.4) is 0 Å². The van der Waals surface area contributed by atoms with E-state index >= 15 is 0 Å². The van der Waals surface area contributed by atoms with Crippen molar-refractivity contribution in [2.75, 3.05) is 52.6 Å². The predicted octanol–water partition coefficient (Wildman–Crippen LogP) is 7.27. The molecule has 63 heavy (non-hydrogen) atoms. The van der Waals surface area contributed by atoms with Gasteiger partial charge in [0, 0.05) is 72.1 Å². The zero-order valence-corrected chi connectivity index (χ0v) is 38.5. The standard InChI is InChI=1S/C50H67N7O6/c1-9-33-31(7)49-50-32(8)34(10-2)42(55-50)26-40-30(6)38(14-16-48(63)57(19-23-60)20-24-61)46(52-40)28-44-36(12-4)35(11-3)43(53-44)27-45-37(29(5)39(51-45)25-41(33)54-49)13-15-47(62)56(17-21-58)18-22-59/h25-28,51-53,58-61H,9-24H2,1-8H3. The van der Waals surface area contributed by atoms with Crippen LogP contribution in [0.4, 0.5) is 0 Å². The smallest absolute Gasteiger partial charge is 0.223 e. The first-order valence-corrected chi connectivity index (χ1v) is 22.7. The van der Waals surface area contributed by atoms with E-state index < -0.39 is 0 Å². The number of rotatable bonds is 18. The van der Waals surface area contributed by atoms with E-state index in [0.717, 1.165) is 126 Å². The van der Waals surface area contributed by atoms with Crippen LogP contribution in [0.25, 0.3) is 55.4 Å². The summed E-state index contributed by atoms with van der Waals surface area (Å²) in [4.78, 5) is 51.9. The van der Waals surface area contributed by atoms with Crippen molar-refractivity contribution in [3.05, 3.63) is 80.4 Å². The number of aliphatic hydroxyl groups is 4. The zero-order valence-electron chi connectivity index (χ0n) is 38.5. The van der Waals surface area contributed by atoms with Gasteiger partial charge in [-0.1, -0.05) is 27.7 Å². The number of aromatic amines is 3. The lowest BCUT2D eigenvalue weighted by Gasteiger charge is -2.20. The largest absolute Gasteiger partial charge is 0.395 e. The Morgan fingerprint density at radius 1 is 0.492 bits per heavy atom. The number of carbonyl (C=O) groups is 2. The molecule has 0 saturated carbocycles. The molecule has 0 aromatic carbocycles. The number of amides is 2. The Morgan fingerprint density at radius 2 is 0.825 bits per heavy atom. The summed E-state index contributed by atoms with van der Waals surface area (Å²) in [7, 11) is 0. The molecule has 0 radical (unpaired) electrons. The molecule has 10 bridgehead atoms. The number of fused-ring (bicyclic) bond motifs is 11. The summed E-state index contributed by atoms with van der Waals surface area (Å²) >= 11 is 0. The Morgan fingerprint density at radius 3 is 1.14 bits per heavy atom. The molecule has 2 amide bonds. The molecule has 0 saturated heterocycles. The van der Waals surface area contributed by atoms with Crippen LogP contribution in [0.2, 0.25) is 0 Å². The molecule has 7 N–H and O–H groups in total. The average Bonchev–Trinajstić information content (AvgIpc) is 4.02. The first-order valence-electron chi connectivity index (χ1n) is 22.7. The minimum atomic E-state index is -0.178. The lowest BCUT2D eigenvalue weighted by atomic mass is 9.99. The van der Waals surface area contributed by atoms with E-state index in [1.165, 1.54) is 20.9 Å². The van der Waals surface area contributed by atoms with E-state index in [0.29, 0.717) is 12.8 Å². The summed E-state index contributed by atoms with van der Waals surface area (Å²) in [5.74, 6) is -0.259. The fraction of sp³-hybridized carbons (Fsp3) is 0.480. The minimum absolute atomic E-state index is 0.129. The second-order valence-corrected chi connectivity index (χ2v) is 16.6. The lowest BCUT2D eigenvalue weighted by molar-refractivity contribution is -0.132. The van der Waals surface area contributed by atoms with Crippen molar-refractivity contribution in [2.24, 2.45) is 0 Å². The van der Waals surface area contributed by atoms with Crippen molar-refractivity contribution in [3.8, 4) is 0 Å². The summed E-state index contributed by atoms with van der Waals surface area (Å²) in [6, 6.07) is 8.57. The van der Waals surface area contributed by atoms with Gasteiger partial charge in [-0.3, -0.25) is 9.59 Å². The van der Waals surface area contributed by atoms with E-state index in [1.807, 2.05) is 0 Å². The summed E-state index contributed by atoms with van der Waals surface area (Å²) in [5.41, 5.74) is 19.9. The van der Waals surface area contributed by atoms with E-state index in [2.05, 4.69) is 94.6 Å². The number of aryl methyl sites for hydroxylation is 6. The second kappa shape index (κ2) is 20.9. The molecule has 0 spiro atoms. The number of carbonyl (C=O) groups excluding carboxylic acids is 2. The van der Waals surface area contributed by atoms with Gasteiger partial charge in [-0.05, 0) is 146 Å². The fourth-order valence-corrected chi connectivity index (χ4v) is 9.57. The van der Waals surface area contributed by atoms with Crippen LogP contribution in [0.5, 0.6) is 0 Å². The number of aliphatic hydroxyl groups excluding tert-OH is 4. The number of aromatic nitrogens is 5. The molecule has 0 aliphatic carbocycles. The van der Waals surface area contributed by atoms with Crippen molar-refractivity contribution in [1.82, 2.24) is 34.7 Å². The normalized spacial score (nSPS) is 12.8. The molecule has 2 aliphatic heterocycles. The third-order valence-corrected chi connectivity index (χ3v) is 13.0. The lowest BCUT2D eigenvalue weighted by Crippen LogP contribution is -2.36. The molecule has 4 aromatic rings. The van der Waals surface area contributed by atoms with Gasteiger partial charge in [-0.15, -0.1) is 0 Å². The number of hydrogen-bond donors (Lipinski definition) is 7. The Hall–Kier alpha value is -5.34. The quantitative estimate of drug-likeness (QED) is 0.0543. The first-order chi connectivity index (χ1) is 30.4. The van der Waals surface area contributed by atoms with Gasteiger partial charge in [0.15, 0.2) is 0 Å². The molecule has 4 aromatic heterocycles. The van der Waals surface area contributed by atoms with Crippen LogP contribution < -0.4 is 0 Å². The van der Waals surface area contributed by atoms with E-state index in [1.54, 1.807) is 0 Å². The van der Waals surface area contributed by atoms with Gasteiger partial charge in [0.05, 0.1) is 49.2 Å². The molecule has 0 fully saturated rings. The van der Waals surface area contributed by atoms with Crippen LogP contribution in [-0.2, 0) is 35.3 Å². The molecule has 6 rings (SSSR count). The number of allylic oxidation sites excluding steroid dienone is 4. The van der Waals surface area contributed by atoms with Crippen molar-refractivity contribution in [2.45, 2.75) is 107 Å². The molecule has 13 heteroatoms. The van der Waals surface area contributed by atoms with E-state index in [-0.39, 0.29) is 77.3 Å². The van der Waals surface area contributed by atoms with Crippen LogP contribution in [0.15, 0.2) is 24.3 Å². The van der Waals surface area contributed by atoms with Crippen LogP contribution >= 0.6 is 0 Å². The topological polar surface area (TPSA) is 195 Å². The van der Waals surface area contributed by atoms with Crippen LogP contribution in [0, 0.1) is 13.8 Å². The second-order valence-electron chi connectivity index (χ2n) is 16.6. The predicted molar refractivity (Wildman–Crippen MR) is 254 cm³/mol. The number of hydrogen-bond acceptors (Lipinski definition) is 8. The SMILES string of the molecule is CCC1=C(C)c2nc1cc1[nH]c(cc3[nH]c(cc4[nH]c(cc5nc2C(C)=C5CC)c(C)c4CCC(=O)N(CCO)CCO)c(CC)c3CC)c(CCC(=O)N(CCO)CCO)c1C. The maximum atomic E-state index is 13.5. The highest BCUT2D eigenvalue weighted by molar-refractivity contribution is 6.00. The van der Waals surface area contributed by atoms with Gasteiger partial charge < -0.3 is 45.2 Å². The van der Waals surface area contributed by atoms with E-state index in [9.17, 15) is 30.0 Å². The average molecular weight is 862 g/mol. The highest BCUT2D eigenvalue weighted by atomic mass is 16.3. The van der Waals surface area contributed by atoms with Crippen LogP contribution in [0.1, 0.15) is 123 Å². The summed E-state index contributed by atoms with van der Waals surface area (Å²) in [5, 5.41) is 38.6. The van der Waals surface area contributed by atoms with Gasteiger partial charge >= 0.3 is 0 Å². The number of nitrogens with zero attached hydrogens (tertiary/aromatic N) is 4. The van der Waals surface area contributed by atoms with Gasteiger partial charge in [-0.2, -0.15) is 0 Å². The van der Waals surface area contributed by atoms with Crippen molar-refractivity contribution < 1.29 is 30.0 Å². The molecule has 2 aliphatic rings. The fourth-order valence-electron chi connectivity index (χ4n) is 9.57. The number of H-pyrrole nitrogens is 3. The van der Waals surface area contributed by atoms with Crippen LogP contribution in [-0.4, -0.2) is 120 Å². The molecule has 338 valence electrons. The molecular weight excluding hydrogens is 795 g/mol.